The summed E-state index contributed by atoms with van der Waals surface area (Å²) in [5.74, 6) is 4.30. The van der Waals surface area contributed by atoms with Crippen LogP contribution in [-0.2, 0) is 16.1 Å². The first-order valence-electron chi connectivity index (χ1n) is 4.57. The van der Waals surface area contributed by atoms with Crippen molar-refractivity contribution in [3.8, 4) is 0 Å². The zero-order chi connectivity index (χ0) is 10.4. The minimum atomic E-state index is -0.364. The number of nitrogens with zero attached hydrogens (tertiary/aromatic N) is 1. The van der Waals surface area contributed by atoms with E-state index in [4.69, 9.17) is 5.90 Å². The lowest BCUT2D eigenvalue weighted by Crippen LogP contribution is -2.22. The molecule has 4 nitrogen and oxygen atoms in total. The topological polar surface area (TPSA) is 65.2 Å². The fourth-order valence-electron chi connectivity index (χ4n) is 1.29. The highest BCUT2D eigenvalue weighted by atomic mass is 35.5. The second-order valence-corrected chi connectivity index (χ2v) is 3.11. The van der Waals surface area contributed by atoms with Crippen molar-refractivity contribution >= 4 is 30.8 Å². The summed E-state index contributed by atoms with van der Waals surface area (Å²) in [7, 11) is 0. The lowest BCUT2D eigenvalue weighted by atomic mass is 9.98. The van der Waals surface area contributed by atoms with Gasteiger partial charge in [0, 0.05) is 12.4 Å². The molecule has 1 aromatic rings. The molecule has 0 amide bonds. The smallest absolute Gasteiger partial charge is 0.327 e. The van der Waals surface area contributed by atoms with Gasteiger partial charge < -0.3 is 4.84 Å². The molecule has 2 N–H and O–H groups in total. The van der Waals surface area contributed by atoms with Gasteiger partial charge in [0.25, 0.3) is 0 Å². The van der Waals surface area contributed by atoms with Crippen molar-refractivity contribution in [1.82, 2.24) is 4.98 Å². The first kappa shape index (κ1) is 17.6. The molecule has 92 valence electrons. The molecule has 0 aromatic carbocycles. The van der Waals surface area contributed by atoms with Gasteiger partial charge in [0.15, 0.2) is 0 Å². The Morgan fingerprint density at radius 3 is 2.69 bits per heavy atom. The molecular weight excluding hydrogens is 251 g/mol. The maximum Gasteiger partial charge on any atom is 0.327 e. The molecule has 1 aromatic heterocycles. The number of carbonyl (C=O) groups is 1. The monoisotopic (exact) mass is 266 g/mol. The van der Waals surface area contributed by atoms with Crippen molar-refractivity contribution in [2.45, 2.75) is 19.8 Å². The van der Waals surface area contributed by atoms with Crippen LogP contribution >= 0.6 is 24.8 Å². The van der Waals surface area contributed by atoms with Crippen molar-refractivity contribution in [3.05, 3.63) is 30.1 Å². The van der Waals surface area contributed by atoms with Crippen molar-refractivity contribution in [2.24, 2.45) is 11.8 Å². The molecule has 0 bridgehead atoms. The van der Waals surface area contributed by atoms with E-state index in [2.05, 4.69) is 9.82 Å². The fourth-order valence-corrected chi connectivity index (χ4v) is 1.29. The first-order chi connectivity index (χ1) is 6.77. The predicted octanol–water partition coefficient (Wildman–Crippen LogP) is 1.91. The van der Waals surface area contributed by atoms with Gasteiger partial charge in [-0.25, -0.2) is 0 Å². The normalized spacial score (nSPS) is 10.6. The first-order valence-corrected chi connectivity index (χ1v) is 4.57. The van der Waals surface area contributed by atoms with Crippen LogP contribution in [0.25, 0.3) is 0 Å². The average molecular weight is 267 g/mol. The molecule has 0 aliphatic heterocycles. The summed E-state index contributed by atoms with van der Waals surface area (Å²) in [5.41, 5.74) is 1.02. The van der Waals surface area contributed by atoms with Gasteiger partial charge in [-0.3, -0.25) is 9.78 Å². The van der Waals surface area contributed by atoms with Gasteiger partial charge in [0.05, 0.1) is 5.92 Å². The number of hydrogen-bond donors (Lipinski definition) is 1. The summed E-state index contributed by atoms with van der Waals surface area (Å²) < 4.78 is 0. The van der Waals surface area contributed by atoms with E-state index < -0.39 is 0 Å². The van der Waals surface area contributed by atoms with Gasteiger partial charge >= 0.3 is 5.97 Å². The van der Waals surface area contributed by atoms with Crippen LogP contribution in [0.4, 0.5) is 0 Å². The third kappa shape index (κ3) is 5.30. The average Bonchev–Trinajstić information content (AvgIpc) is 2.26. The summed E-state index contributed by atoms with van der Waals surface area (Å²) >= 11 is 0. The Morgan fingerprint density at radius 1 is 1.56 bits per heavy atom. The van der Waals surface area contributed by atoms with E-state index in [0.29, 0.717) is 12.8 Å². The Kier molecular flexibility index (Phi) is 10.3. The standard InChI is InChI=1S/C10H14N2O2.2ClH/c1-2-9(10(13)14-11)6-8-4-3-5-12-7-8;;/h3-5,7,9H,2,6,11H2,1H3;2*1H. The predicted molar refractivity (Wildman–Crippen MR) is 66.5 cm³/mol. The zero-order valence-corrected chi connectivity index (χ0v) is 10.6. The Morgan fingerprint density at radius 2 is 2.25 bits per heavy atom. The lowest BCUT2D eigenvalue weighted by molar-refractivity contribution is -0.149. The van der Waals surface area contributed by atoms with Crippen LogP contribution in [-0.4, -0.2) is 11.0 Å². The van der Waals surface area contributed by atoms with Crippen molar-refractivity contribution in [2.75, 3.05) is 0 Å². The molecule has 16 heavy (non-hydrogen) atoms. The van der Waals surface area contributed by atoms with Crippen LogP contribution in [0.3, 0.4) is 0 Å². The van der Waals surface area contributed by atoms with Gasteiger partial charge in [-0.1, -0.05) is 13.0 Å². The maximum absolute atomic E-state index is 11.2. The van der Waals surface area contributed by atoms with E-state index in [1.807, 2.05) is 19.1 Å². The second kappa shape index (κ2) is 9.39. The van der Waals surface area contributed by atoms with E-state index in [9.17, 15) is 4.79 Å². The molecule has 0 aliphatic rings. The van der Waals surface area contributed by atoms with E-state index in [-0.39, 0.29) is 36.7 Å². The lowest BCUT2D eigenvalue weighted by Gasteiger charge is -2.10. The van der Waals surface area contributed by atoms with E-state index in [1.54, 1.807) is 12.4 Å². The number of rotatable bonds is 4. The number of halogens is 2. The van der Waals surface area contributed by atoms with Crippen LogP contribution < -0.4 is 5.90 Å². The van der Waals surface area contributed by atoms with Crippen molar-refractivity contribution in [1.29, 1.82) is 0 Å². The minimum Gasteiger partial charge on any atom is -0.373 e. The summed E-state index contributed by atoms with van der Waals surface area (Å²) in [6.45, 7) is 1.93. The number of carbonyl (C=O) groups excluding carboxylic acids is 1. The SMILES string of the molecule is CCC(Cc1cccnc1)C(=O)ON.Cl.Cl. The van der Waals surface area contributed by atoms with Crippen LogP contribution in [0.5, 0.6) is 0 Å². The van der Waals surface area contributed by atoms with E-state index in [0.717, 1.165) is 5.56 Å². The molecule has 0 radical (unpaired) electrons. The molecule has 1 heterocycles. The highest BCUT2D eigenvalue weighted by Crippen LogP contribution is 2.12. The van der Waals surface area contributed by atoms with Crippen LogP contribution in [0, 0.1) is 5.92 Å². The second-order valence-electron chi connectivity index (χ2n) is 3.11. The molecule has 0 fully saturated rings. The third-order valence-corrected chi connectivity index (χ3v) is 2.15. The molecule has 6 heteroatoms. The van der Waals surface area contributed by atoms with Gasteiger partial charge in [0.2, 0.25) is 0 Å². The molecular formula is C10H16Cl2N2O2. The third-order valence-electron chi connectivity index (χ3n) is 2.15. The summed E-state index contributed by atoms with van der Waals surface area (Å²) in [5, 5.41) is 0. The quantitative estimate of drug-likeness (QED) is 0.846. The number of nitrogens with two attached hydrogens (primary N) is 1. The number of aromatic nitrogens is 1. The highest BCUT2D eigenvalue weighted by Gasteiger charge is 2.17. The van der Waals surface area contributed by atoms with E-state index >= 15 is 0 Å². The van der Waals surface area contributed by atoms with Gasteiger partial charge in [-0.05, 0) is 24.5 Å². The number of pyridine rings is 1. The molecule has 1 rings (SSSR count). The summed E-state index contributed by atoms with van der Waals surface area (Å²) in [6.07, 6.45) is 4.78. The molecule has 0 aliphatic carbocycles. The fraction of sp³-hybridized carbons (Fsp3) is 0.400. The van der Waals surface area contributed by atoms with Crippen LogP contribution in [0.2, 0.25) is 0 Å². The van der Waals surface area contributed by atoms with Crippen LogP contribution in [0.1, 0.15) is 18.9 Å². The van der Waals surface area contributed by atoms with Crippen LogP contribution in [0.15, 0.2) is 24.5 Å². The van der Waals surface area contributed by atoms with E-state index in [1.165, 1.54) is 0 Å². The Hall–Kier alpha value is -0.840. The van der Waals surface area contributed by atoms with Crippen molar-refractivity contribution < 1.29 is 9.63 Å². The van der Waals surface area contributed by atoms with Gasteiger partial charge in [-0.2, -0.15) is 5.90 Å². The zero-order valence-electron chi connectivity index (χ0n) is 8.96. The maximum atomic E-state index is 11.2. The largest absolute Gasteiger partial charge is 0.373 e. The summed E-state index contributed by atoms with van der Waals surface area (Å²) in [6, 6.07) is 3.77. The summed E-state index contributed by atoms with van der Waals surface area (Å²) in [4.78, 5) is 19.4. The molecule has 0 saturated heterocycles. The van der Waals surface area contributed by atoms with Crippen molar-refractivity contribution in [3.63, 3.8) is 0 Å². The Bertz CT molecular complexity index is 296. The van der Waals surface area contributed by atoms with Gasteiger partial charge in [0.1, 0.15) is 0 Å². The molecule has 0 saturated carbocycles. The Labute approximate surface area is 107 Å². The molecule has 0 spiro atoms. The number of hydrogen-bond acceptors (Lipinski definition) is 4. The Balaban J connectivity index is 0. The van der Waals surface area contributed by atoms with Gasteiger partial charge in [-0.15, -0.1) is 24.8 Å². The molecule has 1 atom stereocenters. The minimum absolute atomic E-state index is 0. The highest BCUT2D eigenvalue weighted by molar-refractivity contribution is 5.85. The molecule has 1 unspecified atom stereocenters.